The van der Waals surface area contributed by atoms with Crippen LogP contribution in [0.15, 0.2) is 47.5 Å². The molecule has 3 aromatic rings. The van der Waals surface area contributed by atoms with Gasteiger partial charge in [0.2, 0.25) is 5.91 Å². The van der Waals surface area contributed by atoms with Gasteiger partial charge >= 0.3 is 0 Å². The van der Waals surface area contributed by atoms with E-state index in [-0.39, 0.29) is 5.91 Å². The van der Waals surface area contributed by atoms with Crippen molar-refractivity contribution in [2.45, 2.75) is 25.8 Å². The van der Waals surface area contributed by atoms with Crippen molar-refractivity contribution in [3.63, 3.8) is 0 Å². The van der Waals surface area contributed by atoms with Crippen LogP contribution >= 0.6 is 11.3 Å². The van der Waals surface area contributed by atoms with E-state index in [1.165, 1.54) is 38.9 Å². The van der Waals surface area contributed by atoms with Gasteiger partial charge in [-0.05, 0) is 66.7 Å². The number of benzene rings is 2. The normalized spacial score (nSPS) is 16.0. The molecule has 2 aliphatic heterocycles. The van der Waals surface area contributed by atoms with E-state index in [0.29, 0.717) is 13.0 Å². The molecular formula is C23H23N3OS. The smallest absolute Gasteiger partial charge is 0.225 e. The van der Waals surface area contributed by atoms with Crippen molar-refractivity contribution in [3.05, 3.63) is 53.6 Å². The van der Waals surface area contributed by atoms with Crippen LogP contribution in [0.5, 0.6) is 0 Å². The van der Waals surface area contributed by atoms with Crippen LogP contribution in [0.25, 0.3) is 20.5 Å². The van der Waals surface area contributed by atoms with Crippen molar-refractivity contribution >= 4 is 39.2 Å². The Morgan fingerprint density at radius 1 is 1.14 bits per heavy atom. The van der Waals surface area contributed by atoms with Gasteiger partial charge in [-0.3, -0.25) is 9.79 Å². The molecule has 0 atom stereocenters. The Bertz CT molecular complexity index is 1030. The Morgan fingerprint density at radius 2 is 2.00 bits per heavy atom. The zero-order chi connectivity index (χ0) is 18.9. The molecule has 5 heteroatoms. The molecule has 4 nitrogen and oxygen atoms in total. The SMILES string of the molecule is O=C(CCN1CCCC1)Nc1cc2c(c(-c3cc4ccccc4s3)c1)CN=C2. The Morgan fingerprint density at radius 3 is 2.86 bits per heavy atom. The highest BCUT2D eigenvalue weighted by molar-refractivity contribution is 7.22. The minimum atomic E-state index is 0.0871. The minimum absolute atomic E-state index is 0.0871. The number of fused-ring (bicyclic) bond motifs is 2. The molecule has 0 spiro atoms. The number of hydrogen-bond donors (Lipinski definition) is 1. The van der Waals surface area contributed by atoms with Crippen LogP contribution in [-0.2, 0) is 11.3 Å². The minimum Gasteiger partial charge on any atom is -0.326 e. The summed E-state index contributed by atoms with van der Waals surface area (Å²) < 4.78 is 1.28. The van der Waals surface area contributed by atoms with Gasteiger partial charge in [0.1, 0.15) is 0 Å². The first-order chi connectivity index (χ1) is 13.8. The molecule has 1 fully saturated rings. The first-order valence-electron chi connectivity index (χ1n) is 9.94. The number of rotatable bonds is 5. The fraction of sp³-hybridized carbons (Fsp3) is 0.304. The zero-order valence-electron chi connectivity index (χ0n) is 15.8. The fourth-order valence-electron chi connectivity index (χ4n) is 4.12. The second-order valence-corrected chi connectivity index (χ2v) is 8.64. The lowest BCUT2D eigenvalue weighted by Gasteiger charge is -2.15. The predicted molar refractivity (Wildman–Crippen MR) is 117 cm³/mol. The lowest BCUT2D eigenvalue weighted by Crippen LogP contribution is -2.25. The second-order valence-electron chi connectivity index (χ2n) is 7.56. The molecule has 1 amide bonds. The Kier molecular flexibility index (Phi) is 4.71. The highest BCUT2D eigenvalue weighted by Gasteiger charge is 2.18. The molecule has 28 heavy (non-hydrogen) atoms. The molecule has 142 valence electrons. The molecule has 1 saturated heterocycles. The Hall–Kier alpha value is -2.50. The summed E-state index contributed by atoms with van der Waals surface area (Å²) >= 11 is 1.80. The van der Waals surface area contributed by atoms with Gasteiger partial charge in [-0.2, -0.15) is 0 Å². The van der Waals surface area contributed by atoms with Crippen LogP contribution in [0.4, 0.5) is 5.69 Å². The predicted octanol–water partition coefficient (Wildman–Crippen LogP) is 4.93. The van der Waals surface area contributed by atoms with E-state index in [1.807, 2.05) is 6.21 Å². The molecule has 3 heterocycles. The van der Waals surface area contributed by atoms with E-state index in [9.17, 15) is 4.79 Å². The van der Waals surface area contributed by atoms with E-state index < -0.39 is 0 Å². The van der Waals surface area contributed by atoms with Gasteiger partial charge < -0.3 is 10.2 Å². The maximum atomic E-state index is 12.5. The lowest BCUT2D eigenvalue weighted by atomic mass is 10.0. The van der Waals surface area contributed by atoms with E-state index in [2.05, 4.69) is 57.7 Å². The standard InChI is InChI=1S/C23H23N3OS/c27-23(7-10-26-8-3-4-9-26)25-18-11-17-14-24-15-20(17)19(13-18)22-12-16-5-1-2-6-21(16)28-22/h1-2,5-6,11-14H,3-4,7-10,15H2,(H,25,27). The largest absolute Gasteiger partial charge is 0.326 e. The summed E-state index contributed by atoms with van der Waals surface area (Å²) in [5.41, 5.74) is 4.42. The number of amides is 1. The van der Waals surface area contributed by atoms with Crippen LogP contribution in [-0.4, -0.2) is 36.7 Å². The lowest BCUT2D eigenvalue weighted by molar-refractivity contribution is -0.116. The van der Waals surface area contributed by atoms with Gasteiger partial charge in [0, 0.05) is 40.0 Å². The molecular weight excluding hydrogens is 366 g/mol. The monoisotopic (exact) mass is 389 g/mol. The topological polar surface area (TPSA) is 44.7 Å². The maximum Gasteiger partial charge on any atom is 0.225 e. The third-order valence-corrected chi connectivity index (χ3v) is 6.74. The van der Waals surface area contributed by atoms with Crippen LogP contribution in [0.1, 0.15) is 30.4 Å². The van der Waals surface area contributed by atoms with Gasteiger partial charge in [-0.15, -0.1) is 11.3 Å². The molecule has 2 aliphatic rings. The first kappa shape index (κ1) is 17.6. The van der Waals surface area contributed by atoms with E-state index in [0.717, 1.165) is 30.9 Å². The number of hydrogen-bond acceptors (Lipinski definition) is 4. The average molecular weight is 390 g/mol. The average Bonchev–Trinajstić information content (AvgIpc) is 3.45. The molecule has 0 aliphatic carbocycles. The zero-order valence-corrected chi connectivity index (χ0v) is 16.6. The van der Waals surface area contributed by atoms with Crippen molar-refractivity contribution in [3.8, 4) is 10.4 Å². The molecule has 0 unspecified atom stereocenters. The Balaban J connectivity index is 1.40. The van der Waals surface area contributed by atoms with Crippen LogP contribution < -0.4 is 5.32 Å². The summed E-state index contributed by atoms with van der Waals surface area (Å²) in [5, 5.41) is 4.38. The van der Waals surface area contributed by atoms with Crippen LogP contribution in [0.2, 0.25) is 0 Å². The number of thiophene rings is 1. The van der Waals surface area contributed by atoms with Crippen molar-refractivity contribution in [1.29, 1.82) is 0 Å². The van der Waals surface area contributed by atoms with E-state index in [1.54, 1.807) is 11.3 Å². The summed E-state index contributed by atoms with van der Waals surface area (Å²) in [6.45, 7) is 3.81. The molecule has 1 aromatic heterocycles. The van der Waals surface area contributed by atoms with E-state index >= 15 is 0 Å². The molecule has 0 radical (unpaired) electrons. The molecule has 2 aromatic carbocycles. The number of nitrogens with one attached hydrogen (secondary N) is 1. The Labute approximate surface area is 168 Å². The number of nitrogens with zero attached hydrogens (tertiary/aromatic N) is 2. The molecule has 5 rings (SSSR count). The van der Waals surface area contributed by atoms with Gasteiger partial charge in [-0.25, -0.2) is 0 Å². The summed E-state index contributed by atoms with van der Waals surface area (Å²) in [6.07, 6.45) is 4.98. The number of carbonyl (C=O) groups excluding carboxylic acids is 1. The highest BCUT2D eigenvalue weighted by atomic mass is 32.1. The summed E-state index contributed by atoms with van der Waals surface area (Å²) in [5.74, 6) is 0.0871. The summed E-state index contributed by atoms with van der Waals surface area (Å²) in [7, 11) is 0. The highest BCUT2D eigenvalue weighted by Crippen LogP contribution is 2.39. The fourth-order valence-corrected chi connectivity index (χ4v) is 5.22. The number of anilines is 1. The third-order valence-electron chi connectivity index (χ3n) is 5.59. The second kappa shape index (κ2) is 7.49. The van der Waals surface area contributed by atoms with Crippen molar-refractivity contribution in [2.24, 2.45) is 4.99 Å². The summed E-state index contributed by atoms with van der Waals surface area (Å²) in [4.78, 5) is 20.6. The first-order valence-corrected chi connectivity index (χ1v) is 10.8. The molecule has 1 N–H and O–H groups in total. The molecule has 0 saturated carbocycles. The van der Waals surface area contributed by atoms with E-state index in [4.69, 9.17) is 0 Å². The van der Waals surface area contributed by atoms with Crippen molar-refractivity contribution < 1.29 is 4.79 Å². The van der Waals surface area contributed by atoms with Crippen LogP contribution in [0.3, 0.4) is 0 Å². The number of carbonyl (C=O) groups is 1. The third kappa shape index (κ3) is 3.48. The molecule has 0 bridgehead atoms. The van der Waals surface area contributed by atoms with Crippen molar-refractivity contribution in [2.75, 3.05) is 25.0 Å². The number of aliphatic imine (C=N–C) groups is 1. The quantitative estimate of drug-likeness (QED) is 0.673. The maximum absolute atomic E-state index is 12.5. The van der Waals surface area contributed by atoms with Gasteiger partial charge in [0.05, 0.1) is 6.54 Å². The van der Waals surface area contributed by atoms with Crippen LogP contribution in [0, 0.1) is 0 Å². The number of likely N-dealkylation sites (tertiary alicyclic amines) is 1. The van der Waals surface area contributed by atoms with Gasteiger partial charge in [0.15, 0.2) is 0 Å². The van der Waals surface area contributed by atoms with Gasteiger partial charge in [-0.1, -0.05) is 18.2 Å². The van der Waals surface area contributed by atoms with Gasteiger partial charge in [0.25, 0.3) is 0 Å². The summed E-state index contributed by atoms with van der Waals surface area (Å²) in [6, 6.07) is 14.9. The van der Waals surface area contributed by atoms with Crippen molar-refractivity contribution in [1.82, 2.24) is 4.90 Å².